The van der Waals surface area contributed by atoms with Gasteiger partial charge in [-0.2, -0.15) is 21.6 Å². The number of carbonyl (C=O) groups excluding carboxylic acids is 5. The number of benzene rings is 4. The summed E-state index contributed by atoms with van der Waals surface area (Å²) in [6, 6.07) is 34.2. The van der Waals surface area contributed by atoms with Gasteiger partial charge in [-0.05, 0) is 98.4 Å². The van der Waals surface area contributed by atoms with Gasteiger partial charge in [-0.25, -0.2) is 0 Å². The molecule has 77 heavy (non-hydrogen) atoms. The molecule has 4 aromatic carbocycles. The second-order valence-corrected chi connectivity index (χ2v) is 25.7. The first-order valence-electron chi connectivity index (χ1n) is 24.8. The number of hydrogen-bond donors (Lipinski definition) is 4. The fourth-order valence-corrected chi connectivity index (χ4v) is 10.8. The van der Waals surface area contributed by atoms with Crippen LogP contribution in [0.3, 0.4) is 0 Å². The van der Waals surface area contributed by atoms with Crippen molar-refractivity contribution in [3.8, 4) is 11.5 Å². The normalized spacial score (nSPS) is 15.1. The number of halogens is 5. The van der Waals surface area contributed by atoms with Crippen molar-refractivity contribution in [3.05, 3.63) is 131 Å². The summed E-state index contributed by atoms with van der Waals surface area (Å²) in [5.74, 6) is 0.132. The third-order valence-electron chi connectivity index (χ3n) is 11.8. The molecule has 0 bridgehead atoms. The van der Waals surface area contributed by atoms with E-state index in [-0.39, 0.29) is 72.7 Å². The quantitative estimate of drug-likeness (QED) is 0.0211. The molecule has 4 N–H and O–H groups in total. The molecule has 2 aliphatic heterocycles. The van der Waals surface area contributed by atoms with Gasteiger partial charge in [0.15, 0.2) is 6.29 Å². The smallest absolute Gasteiger partial charge is 0.508 e. The monoisotopic (exact) mass is 1150 g/mol. The van der Waals surface area contributed by atoms with Crippen molar-refractivity contribution in [1.82, 2.24) is 30.2 Å². The molecule has 0 radical (unpaired) electrons. The molecule has 0 aromatic heterocycles. The van der Waals surface area contributed by atoms with E-state index in [4.69, 9.17) is 27.9 Å². The van der Waals surface area contributed by atoms with Gasteiger partial charge in [-0.1, -0.05) is 84.9 Å². The molecule has 24 heteroatoms. The molecule has 2 atom stereocenters. The van der Waals surface area contributed by atoms with Gasteiger partial charge in [0, 0.05) is 52.7 Å². The SMILES string of the molecule is COC(C=O)CN(CCc1ccccc1)C(=O)CNC(=O)CCNCCc1ccc(O)cc1.C[Si](C)(C)OS(=O)(=O)C(F)(F)F.ClCCl.O=C1CN2C(=O)CCN(CCc3ccc(O)cc3)C2CN1CCc1ccccc1. The number of phenolic OH excluding ortho intramolecular Hbond substituents is 2. The summed E-state index contributed by atoms with van der Waals surface area (Å²) < 4.78 is 64.8. The number of alkyl halides is 5. The van der Waals surface area contributed by atoms with Crippen LogP contribution in [0.15, 0.2) is 109 Å². The van der Waals surface area contributed by atoms with Gasteiger partial charge in [0.1, 0.15) is 30.3 Å². The van der Waals surface area contributed by atoms with Crippen molar-refractivity contribution < 1.29 is 64.4 Å². The zero-order valence-electron chi connectivity index (χ0n) is 43.8. The van der Waals surface area contributed by atoms with Gasteiger partial charge in [-0.15, -0.1) is 23.2 Å². The molecule has 6 rings (SSSR count). The first-order valence-corrected chi connectivity index (χ1v) is 30.7. The van der Waals surface area contributed by atoms with Gasteiger partial charge in [0.05, 0.1) is 25.0 Å². The number of methoxy groups -OCH3 is 1. The fourth-order valence-electron chi connectivity index (χ4n) is 7.76. The van der Waals surface area contributed by atoms with E-state index in [0.717, 1.165) is 49.0 Å². The van der Waals surface area contributed by atoms with Gasteiger partial charge in [-0.3, -0.25) is 24.1 Å². The average molecular weight is 1160 g/mol. The molecule has 2 aliphatic rings. The maximum absolute atomic E-state index is 12.7. The Morgan fingerprint density at radius 3 is 1.83 bits per heavy atom. The fraction of sp³-hybridized carbons (Fsp3) is 0.453. The molecule has 424 valence electrons. The first-order chi connectivity index (χ1) is 36.5. The van der Waals surface area contributed by atoms with Crippen LogP contribution in [0.1, 0.15) is 35.1 Å². The number of nitrogens with one attached hydrogen (secondary N) is 2. The molecule has 0 aliphatic carbocycles. The number of hydrogen-bond acceptors (Lipinski definition) is 13. The summed E-state index contributed by atoms with van der Waals surface area (Å²) in [6.07, 6.45) is 3.71. The molecule has 2 fully saturated rings. The van der Waals surface area contributed by atoms with Crippen LogP contribution in [0, 0.1) is 0 Å². The molecule has 2 unspecified atom stereocenters. The number of rotatable bonds is 23. The highest BCUT2D eigenvalue weighted by molar-refractivity contribution is 7.88. The van der Waals surface area contributed by atoms with Gasteiger partial charge >= 0.3 is 15.6 Å². The van der Waals surface area contributed by atoms with Crippen molar-refractivity contribution in [2.75, 3.05) is 77.9 Å². The van der Waals surface area contributed by atoms with Crippen LogP contribution in [0.4, 0.5) is 13.2 Å². The summed E-state index contributed by atoms with van der Waals surface area (Å²) >= 11 is 9.53. The molecular formula is C53H71Cl2F3N6O11SSi. The van der Waals surface area contributed by atoms with Crippen molar-refractivity contribution >= 4 is 71.6 Å². The lowest BCUT2D eigenvalue weighted by atomic mass is 10.1. The van der Waals surface area contributed by atoms with Crippen molar-refractivity contribution in [3.63, 3.8) is 0 Å². The van der Waals surface area contributed by atoms with Crippen molar-refractivity contribution in [2.45, 2.75) is 75.9 Å². The largest absolute Gasteiger partial charge is 0.522 e. The number of piperazine rings is 1. The molecule has 4 aromatic rings. The Labute approximate surface area is 460 Å². The standard InChI is InChI=1S/C25H33N3O5.C23H27N3O3.C4H9F3O3SSi.CH2Cl2/c1-33-23(19-29)18-28(16-13-20-5-3-2-4-6-20)25(32)17-27-24(31)12-15-26-14-11-21-7-9-22(30)10-8-21;27-20-8-6-19(7-9-20)10-13-24-15-12-22(28)26-17-23(29)25(16-21(24)26)14-11-18-4-2-1-3-5-18;1-12(2,3)10-11(8,9)4(5,6)7;2-1-3/h2-10,19,23,26,30H,11-18H2,1H3,(H,27,31);1-9,21,27H,10-17H2;1-3H3;1H2. The van der Waals surface area contributed by atoms with Gasteiger partial charge in [0.25, 0.3) is 0 Å². The maximum Gasteiger partial charge on any atom is 0.522 e. The van der Waals surface area contributed by atoms with E-state index >= 15 is 0 Å². The first kappa shape index (κ1) is 65.7. The summed E-state index contributed by atoms with van der Waals surface area (Å²) in [5.41, 5.74) is -0.771. The predicted molar refractivity (Wildman–Crippen MR) is 292 cm³/mol. The summed E-state index contributed by atoms with van der Waals surface area (Å²) in [6.45, 7) is 8.65. The average Bonchev–Trinajstić information content (AvgIpc) is 3.38. The Balaban J connectivity index is 0.000000323. The number of phenols is 2. The van der Waals surface area contributed by atoms with Crippen LogP contribution in [0.25, 0.3) is 0 Å². The zero-order valence-corrected chi connectivity index (χ0v) is 47.1. The summed E-state index contributed by atoms with van der Waals surface area (Å²) in [4.78, 5) is 68.5. The van der Waals surface area contributed by atoms with Crippen LogP contribution in [-0.4, -0.2) is 172 Å². The molecule has 0 saturated carbocycles. The Bertz CT molecular complexity index is 2520. The number of carbonyl (C=O) groups is 5. The predicted octanol–water partition coefficient (Wildman–Crippen LogP) is 6.30. The van der Waals surface area contributed by atoms with E-state index in [0.29, 0.717) is 51.9 Å². The minimum absolute atomic E-state index is 0.0333. The van der Waals surface area contributed by atoms with E-state index in [2.05, 4.69) is 31.5 Å². The molecule has 4 amide bonds. The number of aromatic hydroxyl groups is 2. The lowest BCUT2D eigenvalue weighted by Gasteiger charge is -2.49. The van der Waals surface area contributed by atoms with Gasteiger partial charge in [0.2, 0.25) is 31.9 Å². The highest BCUT2D eigenvalue weighted by Crippen LogP contribution is 2.27. The zero-order chi connectivity index (χ0) is 57.0. The molecule has 2 saturated heterocycles. The Morgan fingerprint density at radius 1 is 0.805 bits per heavy atom. The third kappa shape index (κ3) is 25.2. The molecular weight excluding hydrogens is 1080 g/mol. The highest BCUT2D eigenvalue weighted by atomic mass is 35.5. The van der Waals surface area contributed by atoms with E-state index in [1.165, 1.54) is 32.3 Å². The topological polar surface area (TPSA) is 215 Å². The minimum Gasteiger partial charge on any atom is -0.508 e. The maximum atomic E-state index is 12.7. The Kier molecular flexibility index (Phi) is 28.7. The number of amides is 4. The Morgan fingerprint density at radius 2 is 1.32 bits per heavy atom. The second-order valence-electron chi connectivity index (χ2n) is 18.7. The van der Waals surface area contributed by atoms with Crippen LogP contribution >= 0.6 is 23.2 Å². The third-order valence-corrected chi connectivity index (χ3v) is 15.2. The lowest BCUT2D eigenvalue weighted by Crippen LogP contribution is -2.66. The molecule has 0 spiro atoms. The number of fused-ring (bicyclic) bond motifs is 1. The van der Waals surface area contributed by atoms with Crippen LogP contribution in [0.2, 0.25) is 19.6 Å². The van der Waals surface area contributed by atoms with Crippen LogP contribution in [0.5, 0.6) is 11.5 Å². The van der Waals surface area contributed by atoms with Gasteiger partial charge < -0.3 is 48.9 Å². The lowest BCUT2D eigenvalue weighted by molar-refractivity contribution is -0.161. The summed E-state index contributed by atoms with van der Waals surface area (Å²) in [5, 5.41) is 24.8. The second kappa shape index (κ2) is 33.6. The minimum atomic E-state index is -5.39. The van der Waals surface area contributed by atoms with Crippen LogP contribution < -0.4 is 10.6 Å². The number of ether oxygens (including phenoxy) is 1. The van der Waals surface area contributed by atoms with E-state index in [1.807, 2.05) is 77.7 Å². The summed E-state index contributed by atoms with van der Waals surface area (Å²) in [7, 11) is -6.68. The van der Waals surface area contributed by atoms with Crippen molar-refractivity contribution in [2.24, 2.45) is 0 Å². The number of nitrogens with zero attached hydrogens (tertiary/aromatic N) is 4. The molecule has 17 nitrogen and oxygen atoms in total. The van der Waals surface area contributed by atoms with Crippen molar-refractivity contribution in [1.29, 1.82) is 0 Å². The highest BCUT2D eigenvalue weighted by Gasteiger charge is 2.49. The van der Waals surface area contributed by atoms with Crippen LogP contribution in [-0.2, 0) is 68.4 Å². The van der Waals surface area contributed by atoms with E-state index < -0.39 is 30.0 Å². The number of aldehydes is 1. The molecule has 2 heterocycles. The van der Waals surface area contributed by atoms with E-state index in [9.17, 15) is 55.8 Å². The van der Waals surface area contributed by atoms with E-state index in [1.54, 1.807) is 34.1 Å². The Hall–Kier alpha value is -5.59.